The van der Waals surface area contributed by atoms with Crippen LogP contribution < -0.4 is 22.5 Å². The van der Waals surface area contributed by atoms with Gasteiger partial charge < -0.3 is 22.5 Å². The van der Waals surface area contributed by atoms with Crippen LogP contribution in [0, 0.1) is 0 Å². The van der Waals surface area contributed by atoms with Gasteiger partial charge in [-0.1, -0.05) is 6.07 Å². The fourth-order valence-electron chi connectivity index (χ4n) is 1.29. The predicted molar refractivity (Wildman–Crippen MR) is 66.3 cm³/mol. The van der Waals surface area contributed by atoms with Crippen LogP contribution in [0.4, 0.5) is 11.4 Å². The Kier molecular flexibility index (Phi) is 3.26. The van der Waals surface area contributed by atoms with Gasteiger partial charge in [0.2, 0.25) is 5.91 Å². The van der Waals surface area contributed by atoms with Gasteiger partial charge in [-0.15, -0.1) is 0 Å². The number of hydrogen-bond acceptors (Lipinski definition) is 4. The Hall–Kier alpha value is -2.24. The molecule has 0 saturated carbocycles. The van der Waals surface area contributed by atoms with E-state index in [0.717, 1.165) is 0 Å². The van der Waals surface area contributed by atoms with Crippen molar-refractivity contribution in [2.45, 2.75) is 19.4 Å². The van der Waals surface area contributed by atoms with E-state index in [-0.39, 0.29) is 5.56 Å². The molecule has 0 bridgehead atoms. The van der Waals surface area contributed by atoms with Gasteiger partial charge in [0.1, 0.15) is 5.54 Å². The molecule has 0 atom stereocenters. The largest absolute Gasteiger partial charge is 0.397 e. The maximum Gasteiger partial charge on any atom is 0.250 e. The second-order valence-corrected chi connectivity index (χ2v) is 4.25. The van der Waals surface area contributed by atoms with Crippen LogP contribution in [-0.2, 0) is 4.79 Å². The number of para-hydroxylation sites is 1. The summed E-state index contributed by atoms with van der Waals surface area (Å²) in [5.41, 5.74) is 16.1. The fraction of sp³-hybridized carbons (Fsp3) is 0.273. The molecule has 17 heavy (non-hydrogen) atoms. The Morgan fingerprint density at radius 2 is 1.82 bits per heavy atom. The quantitative estimate of drug-likeness (QED) is 0.551. The van der Waals surface area contributed by atoms with E-state index in [1.54, 1.807) is 26.0 Å². The van der Waals surface area contributed by atoms with Crippen LogP contribution >= 0.6 is 0 Å². The zero-order chi connectivity index (χ0) is 13.2. The van der Waals surface area contributed by atoms with Crippen LogP contribution in [0.5, 0.6) is 0 Å². The molecule has 2 amide bonds. The summed E-state index contributed by atoms with van der Waals surface area (Å²) in [4.78, 5) is 22.5. The van der Waals surface area contributed by atoms with Crippen molar-refractivity contribution in [3.8, 4) is 0 Å². The average Bonchev–Trinajstić information content (AvgIpc) is 2.20. The molecule has 6 heteroatoms. The molecule has 0 spiro atoms. The Morgan fingerprint density at radius 1 is 1.24 bits per heavy atom. The van der Waals surface area contributed by atoms with E-state index in [4.69, 9.17) is 17.2 Å². The molecule has 0 aliphatic rings. The number of carbonyl (C=O) groups excluding carboxylic acids is 2. The number of amides is 2. The molecule has 0 aliphatic heterocycles. The summed E-state index contributed by atoms with van der Waals surface area (Å²) in [5.74, 6) is -1.18. The standard InChI is InChI=1S/C11H16N4O2/c1-11(2,10(14)17)15-8-6(9(13)16)4-3-5-7(8)12/h3-5,15H,12H2,1-2H3,(H2,13,16)(H2,14,17). The monoisotopic (exact) mass is 236 g/mol. The number of primary amides is 2. The lowest BCUT2D eigenvalue weighted by Crippen LogP contribution is -2.45. The molecule has 1 rings (SSSR count). The summed E-state index contributed by atoms with van der Waals surface area (Å²) in [5, 5.41) is 2.84. The van der Waals surface area contributed by atoms with Crippen molar-refractivity contribution in [3.05, 3.63) is 23.8 Å². The average molecular weight is 236 g/mol. The van der Waals surface area contributed by atoms with E-state index in [0.29, 0.717) is 11.4 Å². The fourth-order valence-corrected chi connectivity index (χ4v) is 1.29. The molecule has 0 aliphatic carbocycles. The molecular formula is C11H16N4O2. The second kappa shape index (κ2) is 4.32. The molecule has 0 fully saturated rings. The Balaban J connectivity index is 3.22. The van der Waals surface area contributed by atoms with Crippen LogP contribution in [0.1, 0.15) is 24.2 Å². The molecule has 0 saturated heterocycles. The number of rotatable bonds is 4. The van der Waals surface area contributed by atoms with Crippen molar-refractivity contribution in [3.63, 3.8) is 0 Å². The van der Waals surface area contributed by atoms with Crippen LogP contribution in [-0.4, -0.2) is 17.4 Å². The van der Waals surface area contributed by atoms with Gasteiger partial charge in [0.25, 0.3) is 5.91 Å². The molecule has 7 N–H and O–H groups in total. The highest BCUT2D eigenvalue weighted by Crippen LogP contribution is 2.26. The van der Waals surface area contributed by atoms with Gasteiger partial charge in [-0.3, -0.25) is 9.59 Å². The van der Waals surface area contributed by atoms with E-state index >= 15 is 0 Å². The maximum absolute atomic E-state index is 11.2. The Labute approximate surface area is 99.1 Å². The van der Waals surface area contributed by atoms with E-state index in [1.807, 2.05) is 0 Å². The molecule has 0 aromatic heterocycles. The number of nitrogens with two attached hydrogens (primary N) is 3. The maximum atomic E-state index is 11.2. The smallest absolute Gasteiger partial charge is 0.250 e. The third-order valence-electron chi connectivity index (χ3n) is 2.42. The van der Waals surface area contributed by atoms with Gasteiger partial charge in [-0.2, -0.15) is 0 Å². The van der Waals surface area contributed by atoms with E-state index < -0.39 is 17.4 Å². The summed E-state index contributed by atoms with van der Waals surface area (Å²) in [6, 6.07) is 4.74. The van der Waals surface area contributed by atoms with Crippen molar-refractivity contribution >= 4 is 23.2 Å². The van der Waals surface area contributed by atoms with Crippen molar-refractivity contribution in [1.29, 1.82) is 0 Å². The molecule has 1 aromatic rings. The lowest BCUT2D eigenvalue weighted by molar-refractivity contribution is -0.121. The Morgan fingerprint density at radius 3 is 2.29 bits per heavy atom. The minimum absolute atomic E-state index is 0.222. The molecule has 0 unspecified atom stereocenters. The highest BCUT2D eigenvalue weighted by atomic mass is 16.2. The summed E-state index contributed by atoms with van der Waals surface area (Å²) >= 11 is 0. The predicted octanol–water partition coefficient (Wildman–Crippen LogP) is 0.0435. The summed E-state index contributed by atoms with van der Waals surface area (Å²) in [7, 11) is 0. The lowest BCUT2D eigenvalue weighted by atomic mass is 10.0. The van der Waals surface area contributed by atoms with E-state index in [9.17, 15) is 9.59 Å². The Bertz CT molecular complexity index is 469. The minimum Gasteiger partial charge on any atom is -0.397 e. The van der Waals surface area contributed by atoms with E-state index in [1.165, 1.54) is 6.07 Å². The number of nitrogen functional groups attached to an aromatic ring is 1. The van der Waals surface area contributed by atoms with Crippen LogP contribution in [0.3, 0.4) is 0 Å². The highest BCUT2D eigenvalue weighted by Gasteiger charge is 2.27. The van der Waals surface area contributed by atoms with Crippen LogP contribution in [0.15, 0.2) is 18.2 Å². The molecule has 6 nitrogen and oxygen atoms in total. The van der Waals surface area contributed by atoms with Crippen molar-refractivity contribution < 1.29 is 9.59 Å². The number of nitrogens with one attached hydrogen (secondary N) is 1. The first-order valence-corrected chi connectivity index (χ1v) is 5.02. The zero-order valence-electron chi connectivity index (χ0n) is 9.78. The number of anilines is 2. The number of benzene rings is 1. The van der Waals surface area contributed by atoms with Gasteiger partial charge >= 0.3 is 0 Å². The van der Waals surface area contributed by atoms with E-state index in [2.05, 4.69) is 5.32 Å². The summed E-state index contributed by atoms with van der Waals surface area (Å²) < 4.78 is 0. The molecule has 92 valence electrons. The zero-order valence-corrected chi connectivity index (χ0v) is 9.78. The first-order chi connectivity index (χ1) is 7.75. The molecule has 1 aromatic carbocycles. The second-order valence-electron chi connectivity index (χ2n) is 4.25. The molecular weight excluding hydrogens is 220 g/mol. The summed E-state index contributed by atoms with van der Waals surface area (Å²) in [6.07, 6.45) is 0. The lowest BCUT2D eigenvalue weighted by Gasteiger charge is -2.25. The van der Waals surface area contributed by atoms with Gasteiger partial charge in [0.05, 0.1) is 16.9 Å². The topological polar surface area (TPSA) is 124 Å². The van der Waals surface area contributed by atoms with Gasteiger partial charge in [0.15, 0.2) is 0 Å². The number of carbonyl (C=O) groups is 2. The third-order valence-corrected chi connectivity index (χ3v) is 2.42. The first-order valence-electron chi connectivity index (χ1n) is 5.02. The van der Waals surface area contributed by atoms with Gasteiger partial charge in [-0.25, -0.2) is 0 Å². The van der Waals surface area contributed by atoms with Crippen LogP contribution in [0.2, 0.25) is 0 Å². The van der Waals surface area contributed by atoms with Crippen molar-refractivity contribution in [2.24, 2.45) is 11.5 Å². The number of hydrogen-bond donors (Lipinski definition) is 4. The molecule has 0 radical (unpaired) electrons. The summed E-state index contributed by atoms with van der Waals surface area (Å²) in [6.45, 7) is 3.18. The molecule has 0 heterocycles. The van der Waals surface area contributed by atoms with Gasteiger partial charge in [0, 0.05) is 0 Å². The highest BCUT2D eigenvalue weighted by molar-refractivity contribution is 6.02. The SMILES string of the molecule is CC(C)(Nc1c(N)cccc1C(N)=O)C(N)=O. The van der Waals surface area contributed by atoms with Crippen LogP contribution in [0.25, 0.3) is 0 Å². The van der Waals surface area contributed by atoms with Crippen molar-refractivity contribution in [2.75, 3.05) is 11.1 Å². The minimum atomic E-state index is -1.03. The first kappa shape index (κ1) is 12.8. The van der Waals surface area contributed by atoms with Gasteiger partial charge in [-0.05, 0) is 26.0 Å². The van der Waals surface area contributed by atoms with Crippen molar-refractivity contribution in [1.82, 2.24) is 0 Å². The normalized spacial score (nSPS) is 10.9. The third kappa shape index (κ3) is 2.66.